The zero-order chi connectivity index (χ0) is 17.9. The van der Waals surface area contributed by atoms with E-state index in [2.05, 4.69) is 20.5 Å². The van der Waals surface area contributed by atoms with Crippen molar-refractivity contribution in [3.05, 3.63) is 24.3 Å². The van der Waals surface area contributed by atoms with Crippen LogP contribution in [-0.4, -0.2) is 39.5 Å². The summed E-state index contributed by atoms with van der Waals surface area (Å²) in [7, 11) is 0. The Balaban J connectivity index is 1.33. The number of amides is 1. The minimum atomic E-state index is 0.0774. The summed E-state index contributed by atoms with van der Waals surface area (Å²) in [6.45, 7) is 2.54. The third-order valence-corrected chi connectivity index (χ3v) is 6.17. The fraction of sp³-hybridized carbons (Fsp3) is 0.526. The highest BCUT2D eigenvalue weighted by molar-refractivity contribution is 7.99. The van der Waals surface area contributed by atoms with Gasteiger partial charge in [-0.3, -0.25) is 9.89 Å². The maximum atomic E-state index is 12.2. The van der Waals surface area contributed by atoms with Crippen LogP contribution in [0.1, 0.15) is 32.6 Å². The van der Waals surface area contributed by atoms with E-state index in [9.17, 15) is 4.79 Å². The molecular formula is C19H24N4O2S. The number of hydrogen-bond acceptors (Lipinski definition) is 5. The number of para-hydroxylation sites is 1. The average molecular weight is 372 g/mol. The molecule has 6 nitrogen and oxygen atoms in total. The van der Waals surface area contributed by atoms with Crippen molar-refractivity contribution in [1.82, 2.24) is 20.5 Å². The lowest BCUT2D eigenvalue weighted by molar-refractivity contribution is -0.119. The molecule has 0 aliphatic heterocycles. The Hall–Kier alpha value is -2.02. The Bertz CT molecular complexity index is 778. The Morgan fingerprint density at radius 3 is 3.00 bits per heavy atom. The van der Waals surface area contributed by atoms with Gasteiger partial charge in [0.25, 0.3) is 0 Å². The number of thioether (sulfide) groups is 1. The minimum Gasteiger partial charge on any atom is -0.493 e. The summed E-state index contributed by atoms with van der Waals surface area (Å²) >= 11 is 1.36. The summed E-state index contributed by atoms with van der Waals surface area (Å²) in [6.07, 6.45) is 5.06. The number of aromatic nitrogens is 3. The first kappa shape index (κ1) is 17.4. The normalized spacial score (nSPS) is 24.0. The topological polar surface area (TPSA) is 79.9 Å². The van der Waals surface area contributed by atoms with E-state index in [1.165, 1.54) is 31.0 Å². The number of carbonyl (C=O) groups is 1. The Morgan fingerprint density at radius 2 is 2.23 bits per heavy atom. The van der Waals surface area contributed by atoms with Gasteiger partial charge in [-0.15, -0.1) is 5.10 Å². The van der Waals surface area contributed by atoms with Gasteiger partial charge >= 0.3 is 0 Å². The third kappa shape index (κ3) is 3.72. The van der Waals surface area contributed by atoms with Crippen LogP contribution in [0.15, 0.2) is 29.4 Å². The second-order valence-electron chi connectivity index (χ2n) is 7.03. The second kappa shape index (κ2) is 7.70. The Morgan fingerprint density at radius 1 is 1.35 bits per heavy atom. The number of ether oxygens (including phenoxy) is 1. The molecule has 2 bridgehead atoms. The summed E-state index contributed by atoms with van der Waals surface area (Å²) in [6, 6.07) is 8.11. The molecule has 26 heavy (non-hydrogen) atoms. The van der Waals surface area contributed by atoms with Crippen LogP contribution in [0, 0.1) is 11.8 Å². The summed E-state index contributed by atoms with van der Waals surface area (Å²) in [4.78, 5) is 16.7. The van der Waals surface area contributed by atoms with Crippen LogP contribution in [0.25, 0.3) is 11.4 Å². The summed E-state index contributed by atoms with van der Waals surface area (Å²) < 4.78 is 5.64. The van der Waals surface area contributed by atoms with Crippen LogP contribution in [0.2, 0.25) is 0 Å². The number of hydrogen-bond donors (Lipinski definition) is 2. The van der Waals surface area contributed by atoms with Crippen LogP contribution in [0.4, 0.5) is 0 Å². The van der Waals surface area contributed by atoms with E-state index < -0.39 is 0 Å². The maximum absolute atomic E-state index is 12.2. The monoisotopic (exact) mass is 372 g/mol. The SMILES string of the molecule is CCOc1ccccc1-c1nc(SCC(=O)NC2CC3CCC2C3)n[nH]1. The van der Waals surface area contributed by atoms with Crippen molar-refractivity contribution in [2.24, 2.45) is 11.8 Å². The molecule has 2 saturated carbocycles. The lowest BCUT2D eigenvalue weighted by Crippen LogP contribution is -2.39. The minimum absolute atomic E-state index is 0.0774. The standard InChI is InChI=1S/C19H24N4O2S/c1-2-25-16-6-4-3-5-14(16)18-21-19(23-22-18)26-11-17(24)20-15-10-12-7-8-13(15)9-12/h3-6,12-13,15H,2,7-11H2,1H3,(H,20,24)(H,21,22,23). The molecule has 0 spiro atoms. The van der Waals surface area contributed by atoms with Crippen LogP contribution >= 0.6 is 11.8 Å². The number of rotatable bonds is 7. The molecule has 2 aromatic rings. The van der Waals surface area contributed by atoms with Gasteiger partial charge in [0.2, 0.25) is 11.1 Å². The number of fused-ring (bicyclic) bond motifs is 2. The summed E-state index contributed by atoms with van der Waals surface area (Å²) in [5.74, 6) is 3.38. The van der Waals surface area contributed by atoms with Crippen molar-refractivity contribution in [3.8, 4) is 17.1 Å². The third-order valence-electron chi connectivity index (χ3n) is 5.32. The summed E-state index contributed by atoms with van der Waals surface area (Å²) in [5, 5.41) is 11.0. The molecule has 1 heterocycles. The highest BCUT2D eigenvalue weighted by Crippen LogP contribution is 2.44. The quantitative estimate of drug-likeness (QED) is 0.729. The largest absolute Gasteiger partial charge is 0.493 e. The van der Waals surface area contributed by atoms with Crippen molar-refractivity contribution in [2.75, 3.05) is 12.4 Å². The molecule has 4 rings (SSSR count). The fourth-order valence-corrected chi connectivity index (χ4v) is 4.78. The molecule has 3 unspecified atom stereocenters. The van der Waals surface area contributed by atoms with Crippen molar-refractivity contribution in [2.45, 2.75) is 43.8 Å². The predicted molar refractivity (Wildman–Crippen MR) is 101 cm³/mol. The lowest BCUT2D eigenvalue weighted by Gasteiger charge is -2.22. The number of aromatic amines is 1. The first-order chi connectivity index (χ1) is 12.7. The van der Waals surface area contributed by atoms with Gasteiger partial charge in [-0.2, -0.15) is 0 Å². The first-order valence-corrected chi connectivity index (χ1v) is 10.3. The van der Waals surface area contributed by atoms with E-state index in [0.717, 1.165) is 23.7 Å². The van der Waals surface area contributed by atoms with E-state index in [4.69, 9.17) is 4.74 Å². The fourth-order valence-electron chi connectivity index (χ4n) is 4.18. The molecule has 2 fully saturated rings. The first-order valence-electron chi connectivity index (χ1n) is 9.29. The number of nitrogens with one attached hydrogen (secondary N) is 2. The van der Waals surface area contributed by atoms with Gasteiger partial charge < -0.3 is 10.1 Å². The van der Waals surface area contributed by atoms with E-state index in [-0.39, 0.29) is 5.91 Å². The van der Waals surface area contributed by atoms with Gasteiger partial charge in [-0.05, 0) is 50.2 Å². The molecule has 2 aliphatic rings. The molecule has 2 aliphatic carbocycles. The van der Waals surface area contributed by atoms with Crippen LogP contribution < -0.4 is 10.1 Å². The lowest BCUT2D eigenvalue weighted by atomic mass is 9.95. The van der Waals surface area contributed by atoms with Crippen molar-refractivity contribution < 1.29 is 9.53 Å². The van der Waals surface area contributed by atoms with E-state index in [0.29, 0.717) is 35.3 Å². The molecule has 1 amide bonds. The highest BCUT2D eigenvalue weighted by Gasteiger charge is 2.40. The second-order valence-corrected chi connectivity index (χ2v) is 7.98. The van der Waals surface area contributed by atoms with Gasteiger partial charge in [-0.1, -0.05) is 30.3 Å². The predicted octanol–water partition coefficient (Wildman–Crippen LogP) is 3.27. The molecule has 3 atom stereocenters. The van der Waals surface area contributed by atoms with Crippen LogP contribution in [-0.2, 0) is 4.79 Å². The molecule has 0 saturated heterocycles. The highest BCUT2D eigenvalue weighted by atomic mass is 32.2. The van der Waals surface area contributed by atoms with Gasteiger partial charge in [0.05, 0.1) is 17.9 Å². The number of benzene rings is 1. The maximum Gasteiger partial charge on any atom is 0.230 e. The number of carbonyl (C=O) groups excluding carboxylic acids is 1. The van der Waals surface area contributed by atoms with E-state index in [1.54, 1.807) is 0 Å². The molecule has 1 aromatic carbocycles. The van der Waals surface area contributed by atoms with Gasteiger partial charge in [-0.25, -0.2) is 4.98 Å². The number of H-pyrrole nitrogens is 1. The van der Waals surface area contributed by atoms with Crippen LogP contribution in [0.3, 0.4) is 0 Å². The molecule has 7 heteroatoms. The van der Waals surface area contributed by atoms with E-state index >= 15 is 0 Å². The molecule has 138 valence electrons. The smallest absolute Gasteiger partial charge is 0.230 e. The average Bonchev–Trinajstić information content (AvgIpc) is 3.38. The van der Waals surface area contributed by atoms with Crippen molar-refractivity contribution in [3.63, 3.8) is 0 Å². The molecule has 1 aromatic heterocycles. The zero-order valence-electron chi connectivity index (χ0n) is 14.9. The van der Waals surface area contributed by atoms with Crippen molar-refractivity contribution in [1.29, 1.82) is 0 Å². The van der Waals surface area contributed by atoms with Gasteiger partial charge in [0.15, 0.2) is 5.82 Å². The zero-order valence-corrected chi connectivity index (χ0v) is 15.7. The van der Waals surface area contributed by atoms with Gasteiger partial charge in [0.1, 0.15) is 5.75 Å². The molecule has 2 N–H and O–H groups in total. The molecule has 0 radical (unpaired) electrons. The number of nitrogens with zero attached hydrogens (tertiary/aromatic N) is 2. The Labute approximate surface area is 157 Å². The molecular weight excluding hydrogens is 348 g/mol. The van der Waals surface area contributed by atoms with Gasteiger partial charge in [0, 0.05) is 6.04 Å². The van der Waals surface area contributed by atoms with Crippen molar-refractivity contribution >= 4 is 17.7 Å². The summed E-state index contributed by atoms with van der Waals surface area (Å²) in [5.41, 5.74) is 0.875. The van der Waals surface area contributed by atoms with Crippen LogP contribution in [0.5, 0.6) is 5.75 Å². The Kier molecular flexibility index (Phi) is 5.15. The van der Waals surface area contributed by atoms with E-state index in [1.807, 2.05) is 31.2 Å².